The molecule has 118 valence electrons. The Hall–Kier alpha value is -1.29. The molecule has 1 aromatic rings. The molecule has 2 rings (SSSR count). The maximum atomic E-state index is 13.6. The van der Waals surface area contributed by atoms with Crippen LogP contribution in [0.1, 0.15) is 33.6 Å². The first-order valence-corrected chi connectivity index (χ1v) is 7.88. The van der Waals surface area contributed by atoms with Crippen molar-refractivity contribution in [3.63, 3.8) is 0 Å². The third-order valence-corrected chi connectivity index (χ3v) is 4.19. The molecule has 1 heterocycles. The highest BCUT2D eigenvalue weighted by Crippen LogP contribution is 2.28. The molecule has 0 bridgehead atoms. The van der Waals surface area contributed by atoms with E-state index in [-0.39, 0.29) is 5.82 Å². The molecule has 4 heteroatoms. The van der Waals surface area contributed by atoms with Gasteiger partial charge in [-0.2, -0.15) is 0 Å². The molecule has 0 saturated carbocycles. The Labute approximate surface area is 127 Å². The lowest BCUT2D eigenvalue weighted by Gasteiger charge is -2.42. The van der Waals surface area contributed by atoms with Gasteiger partial charge in [0.25, 0.3) is 0 Å². The summed E-state index contributed by atoms with van der Waals surface area (Å²) in [6.45, 7) is 8.64. The summed E-state index contributed by atoms with van der Waals surface area (Å²) in [6.07, 6.45) is 2.23. The van der Waals surface area contributed by atoms with E-state index >= 15 is 0 Å². The molecule has 3 nitrogen and oxygen atoms in total. The number of anilines is 1. The zero-order valence-corrected chi connectivity index (χ0v) is 13.5. The van der Waals surface area contributed by atoms with Gasteiger partial charge in [-0.3, -0.25) is 0 Å². The lowest BCUT2D eigenvalue weighted by Crippen LogP contribution is -2.56. The van der Waals surface area contributed by atoms with Crippen LogP contribution >= 0.6 is 0 Å². The lowest BCUT2D eigenvalue weighted by atomic mass is 9.98. The molecule has 1 N–H and O–H groups in total. The number of benzene rings is 1. The summed E-state index contributed by atoms with van der Waals surface area (Å²) in [5, 5.41) is 3.64. The first-order chi connectivity index (χ1) is 10.0. The second-order valence-corrected chi connectivity index (χ2v) is 6.27. The number of rotatable bonds is 5. The van der Waals surface area contributed by atoms with Gasteiger partial charge < -0.3 is 15.0 Å². The predicted molar refractivity (Wildman–Crippen MR) is 85.6 cm³/mol. The molecule has 0 amide bonds. The van der Waals surface area contributed by atoms with E-state index in [4.69, 9.17) is 4.74 Å². The minimum absolute atomic E-state index is 0.303. The summed E-state index contributed by atoms with van der Waals surface area (Å²) in [7, 11) is 1.51. The minimum Gasteiger partial charge on any atom is -0.494 e. The van der Waals surface area contributed by atoms with Crippen molar-refractivity contribution in [1.82, 2.24) is 5.32 Å². The van der Waals surface area contributed by atoms with E-state index in [0.29, 0.717) is 23.8 Å². The van der Waals surface area contributed by atoms with E-state index < -0.39 is 0 Å². The second-order valence-electron chi connectivity index (χ2n) is 6.27. The van der Waals surface area contributed by atoms with E-state index in [0.717, 1.165) is 31.6 Å². The first-order valence-electron chi connectivity index (χ1n) is 7.88. The fourth-order valence-corrected chi connectivity index (χ4v) is 3.10. The van der Waals surface area contributed by atoms with Crippen molar-refractivity contribution in [2.75, 3.05) is 25.1 Å². The van der Waals surface area contributed by atoms with Crippen LogP contribution in [0.5, 0.6) is 5.75 Å². The highest BCUT2D eigenvalue weighted by Gasteiger charge is 2.27. The fraction of sp³-hybridized carbons (Fsp3) is 0.647. The average Bonchev–Trinajstić information content (AvgIpc) is 2.47. The molecule has 2 atom stereocenters. The van der Waals surface area contributed by atoms with Crippen LogP contribution in [0, 0.1) is 11.7 Å². The van der Waals surface area contributed by atoms with Gasteiger partial charge in [-0.15, -0.1) is 0 Å². The molecular weight excluding hydrogens is 267 g/mol. The SMILES string of the molecule is CCC1CNC(CC(C)C)CN1c1ccc(F)c(OC)c1. The first kappa shape index (κ1) is 16.1. The monoisotopic (exact) mass is 294 g/mol. The topological polar surface area (TPSA) is 24.5 Å². The number of ether oxygens (including phenoxy) is 1. The van der Waals surface area contributed by atoms with E-state index in [9.17, 15) is 4.39 Å². The van der Waals surface area contributed by atoms with Crippen LogP contribution in [-0.4, -0.2) is 32.3 Å². The van der Waals surface area contributed by atoms with Gasteiger partial charge in [0.2, 0.25) is 0 Å². The Morgan fingerprint density at radius 3 is 2.81 bits per heavy atom. The van der Waals surface area contributed by atoms with Crippen LogP contribution < -0.4 is 15.0 Å². The van der Waals surface area contributed by atoms with E-state index in [1.165, 1.54) is 13.2 Å². The van der Waals surface area contributed by atoms with Crippen LogP contribution in [0.25, 0.3) is 0 Å². The average molecular weight is 294 g/mol. The van der Waals surface area contributed by atoms with Gasteiger partial charge in [0.05, 0.1) is 7.11 Å². The van der Waals surface area contributed by atoms with Gasteiger partial charge in [-0.1, -0.05) is 20.8 Å². The molecule has 0 aromatic heterocycles. The highest BCUT2D eigenvalue weighted by molar-refractivity contribution is 5.52. The van der Waals surface area contributed by atoms with Crippen molar-refractivity contribution >= 4 is 5.69 Å². The number of halogens is 1. The summed E-state index contributed by atoms with van der Waals surface area (Å²) in [6, 6.07) is 6.11. The van der Waals surface area contributed by atoms with Crippen LogP contribution in [0.4, 0.5) is 10.1 Å². The fourth-order valence-electron chi connectivity index (χ4n) is 3.10. The van der Waals surface area contributed by atoms with Crippen molar-refractivity contribution in [2.24, 2.45) is 5.92 Å². The van der Waals surface area contributed by atoms with Gasteiger partial charge in [-0.05, 0) is 30.9 Å². The number of nitrogens with one attached hydrogen (secondary N) is 1. The molecule has 0 aliphatic carbocycles. The van der Waals surface area contributed by atoms with E-state index in [1.54, 1.807) is 0 Å². The highest BCUT2D eigenvalue weighted by atomic mass is 19.1. The number of nitrogens with zero attached hydrogens (tertiary/aromatic N) is 1. The zero-order chi connectivity index (χ0) is 15.4. The van der Waals surface area contributed by atoms with Crippen molar-refractivity contribution in [3.05, 3.63) is 24.0 Å². The molecule has 0 radical (unpaired) electrons. The molecule has 1 aliphatic heterocycles. The van der Waals surface area contributed by atoms with Crippen molar-refractivity contribution in [2.45, 2.75) is 45.7 Å². The summed E-state index contributed by atoms with van der Waals surface area (Å²) in [5.74, 6) is 0.690. The minimum atomic E-state index is -0.303. The summed E-state index contributed by atoms with van der Waals surface area (Å²) in [5.41, 5.74) is 1.05. The largest absolute Gasteiger partial charge is 0.494 e. The van der Waals surface area contributed by atoms with E-state index in [2.05, 4.69) is 31.0 Å². The molecule has 2 unspecified atom stereocenters. The van der Waals surface area contributed by atoms with Gasteiger partial charge in [0.1, 0.15) is 0 Å². The molecule has 1 aromatic carbocycles. The molecule has 0 spiro atoms. The Bertz CT molecular complexity index is 464. The van der Waals surface area contributed by atoms with Crippen LogP contribution in [-0.2, 0) is 0 Å². The molecular formula is C17H27FN2O. The summed E-state index contributed by atoms with van der Waals surface area (Å²) >= 11 is 0. The number of methoxy groups -OCH3 is 1. The Morgan fingerprint density at radius 1 is 1.43 bits per heavy atom. The number of hydrogen-bond acceptors (Lipinski definition) is 3. The Kier molecular flexibility index (Phi) is 5.45. The van der Waals surface area contributed by atoms with Gasteiger partial charge in [0.15, 0.2) is 11.6 Å². The van der Waals surface area contributed by atoms with Gasteiger partial charge in [0, 0.05) is 36.9 Å². The maximum absolute atomic E-state index is 13.6. The zero-order valence-electron chi connectivity index (χ0n) is 13.5. The maximum Gasteiger partial charge on any atom is 0.165 e. The van der Waals surface area contributed by atoms with Crippen LogP contribution in [0.3, 0.4) is 0 Å². The van der Waals surface area contributed by atoms with Crippen LogP contribution in [0.15, 0.2) is 18.2 Å². The lowest BCUT2D eigenvalue weighted by molar-refractivity contribution is 0.342. The second kappa shape index (κ2) is 7.12. The summed E-state index contributed by atoms with van der Waals surface area (Å²) in [4.78, 5) is 2.39. The quantitative estimate of drug-likeness (QED) is 0.900. The standard InChI is InChI=1S/C17H27FN2O/c1-5-14-10-19-13(8-12(2)3)11-20(14)15-6-7-16(18)17(9-15)21-4/h6-7,9,12-14,19H,5,8,10-11H2,1-4H3. The van der Waals surface area contributed by atoms with E-state index in [1.807, 2.05) is 12.1 Å². The third-order valence-electron chi connectivity index (χ3n) is 4.19. The van der Waals surface area contributed by atoms with Gasteiger partial charge >= 0.3 is 0 Å². The molecule has 1 fully saturated rings. The number of piperazine rings is 1. The van der Waals surface area contributed by atoms with Crippen LogP contribution in [0.2, 0.25) is 0 Å². The van der Waals surface area contributed by atoms with Crippen molar-refractivity contribution in [1.29, 1.82) is 0 Å². The smallest absolute Gasteiger partial charge is 0.165 e. The summed E-state index contributed by atoms with van der Waals surface area (Å²) < 4.78 is 18.7. The Balaban J connectivity index is 2.20. The van der Waals surface area contributed by atoms with Gasteiger partial charge in [-0.25, -0.2) is 4.39 Å². The Morgan fingerprint density at radius 2 is 2.19 bits per heavy atom. The molecule has 21 heavy (non-hydrogen) atoms. The number of hydrogen-bond donors (Lipinski definition) is 1. The molecule has 1 aliphatic rings. The third kappa shape index (κ3) is 3.88. The molecule has 1 saturated heterocycles. The predicted octanol–water partition coefficient (Wildman–Crippen LogP) is 3.44. The van der Waals surface area contributed by atoms with Crippen molar-refractivity contribution in [3.8, 4) is 5.75 Å². The normalized spacial score (nSPS) is 22.7. The van der Waals surface area contributed by atoms with Crippen molar-refractivity contribution < 1.29 is 9.13 Å².